The molecule has 2 rings (SSSR count). The van der Waals surface area contributed by atoms with Crippen LogP contribution in [0.3, 0.4) is 0 Å². The van der Waals surface area contributed by atoms with E-state index in [9.17, 15) is 14.7 Å². The molecule has 2 aromatic rings. The molecule has 0 spiro atoms. The van der Waals surface area contributed by atoms with Crippen LogP contribution in [0.4, 0.5) is 0 Å². The number of halogens is 1. The van der Waals surface area contributed by atoms with Crippen molar-refractivity contribution in [1.29, 1.82) is 0 Å². The molecule has 6 heteroatoms. The normalized spacial score (nSPS) is 10.3. The van der Waals surface area contributed by atoms with E-state index in [2.05, 4.69) is 9.72 Å². The minimum absolute atomic E-state index is 0.297. The number of aromatic hydroxyl groups is 1. The smallest absolute Gasteiger partial charge is 0.344 e. The van der Waals surface area contributed by atoms with Crippen LogP contribution in [0.25, 0.3) is 10.9 Å². The first kappa shape index (κ1) is 12.3. The second-order valence-electron chi connectivity index (χ2n) is 3.44. The largest absolute Gasteiger partial charge is 0.506 e. The number of hydrogen-bond acceptors (Lipinski definition) is 5. The minimum Gasteiger partial charge on any atom is -0.506 e. The maximum Gasteiger partial charge on any atom is 0.344 e. The molecule has 0 saturated heterocycles. The molecular weight excluding hydrogens is 258 g/mol. The van der Waals surface area contributed by atoms with Crippen LogP contribution in [-0.2, 0) is 9.53 Å². The lowest BCUT2D eigenvalue weighted by Crippen LogP contribution is -2.08. The summed E-state index contributed by atoms with van der Waals surface area (Å²) in [6.07, 6.45) is 1.50. The highest BCUT2D eigenvalue weighted by atomic mass is 35.5. The molecule has 0 fully saturated rings. The number of ether oxygens (including phenoxy) is 1. The fourth-order valence-corrected chi connectivity index (χ4v) is 1.76. The Labute approximate surface area is 107 Å². The van der Waals surface area contributed by atoms with E-state index in [4.69, 9.17) is 11.6 Å². The summed E-state index contributed by atoms with van der Waals surface area (Å²) in [5.74, 6) is -1.22. The van der Waals surface area contributed by atoms with Gasteiger partial charge in [-0.05, 0) is 18.2 Å². The Balaban J connectivity index is 2.86. The molecule has 0 aliphatic rings. The van der Waals surface area contributed by atoms with Crippen molar-refractivity contribution in [3.8, 4) is 5.75 Å². The highest BCUT2D eigenvalue weighted by molar-refractivity contribution is 6.31. The number of carbonyl (C=O) groups is 1. The Bertz CT molecular complexity index is 654. The van der Waals surface area contributed by atoms with Crippen LogP contribution < -0.4 is 0 Å². The molecule has 0 aliphatic heterocycles. The van der Waals surface area contributed by atoms with Gasteiger partial charge >= 0.3 is 5.97 Å². The molecule has 91 valence electrons. The fourth-order valence-electron chi connectivity index (χ4n) is 1.59. The summed E-state index contributed by atoms with van der Waals surface area (Å²) in [7, 11) is 1.14. The molecule has 1 aromatic carbocycles. The van der Waals surface area contributed by atoms with Gasteiger partial charge in [0, 0.05) is 10.4 Å². The third kappa shape index (κ3) is 1.89. The standard InChI is InChI=1S/C12H7ClNO4/c1-18-12(17)10-9(5-15)14-8-4-6(13)2-3-7(8)11(10)16/h2-4H,1H3,(H,14,16). The van der Waals surface area contributed by atoms with Gasteiger partial charge in [0.15, 0.2) is 0 Å². The predicted octanol–water partition coefficient (Wildman–Crippen LogP) is 1.84. The van der Waals surface area contributed by atoms with E-state index >= 15 is 0 Å². The summed E-state index contributed by atoms with van der Waals surface area (Å²) in [5, 5.41) is 10.7. The Kier molecular flexibility index (Phi) is 3.16. The molecule has 18 heavy (non-hydrogen) atoms. The van der Waals surface area contributed by atoms with Gasteiger partial charge in [-0.15, -0.1) is 0 Å². The van der Waals surface area contributed by atoms with Crippen LogP contribution in [0.1, 0.15) is 16.1 Å². The number of rotatable bonds is 2. The van der Waals surface area contributed by atoms with E-state index in [-0.39, 0.29) is 17.0 Å². The maximum absolute atomic E-state index is 11.5. The Morgan fingerprint density at radius 3 is 2.83 bits per heavy atom. The van der Waals surface area contributed by atoms with Gasteiger partial charge in [-0.2, -0.15) is 0 Å². The van der Waals surface area contributed by atoms with Gasteiger partial charge in [-0.3, -0.25) is 4.79 Å². The molecule has 0 aliphatic carbocycles. The predicted molar refractivity (Wildman–Crippen MR) is 64.6 cm³/mol. The zero-order valence-corrected chi connectivity index (χ0v) is 9.99. The summed E-state index contributed by atoms with van der Waals surface area (Å²) < 4.78 is 4.49. The lowest BCUT2D eigenvalue weighted by Gasteiger charge is -2.08. The molecule has 0 saturated carbocycles. The van der Waals surface area contributed by atoms with Crippen LogP contribution in [0.15, 0.2) is 18.2 Å². The third-order valence-corrected chi connectivity index (χ3v) is 2.64. The van der Waals surface area contributed by atoms with Crippen LogP contribution in [0.2, 0.25) is 5.02 Å². The van der Waals surface area contributed by atoms with Gasteiger partial charge in [0.25, 0.3) is 6.29 Å². The first-order valence-corrected chi connectivity index (χ1v) is 5.25. The van der Waals surface area contributed by atoms with E-state index in [1.807, 2.05) is 0 Å². The molecule has 1 aromatic heterocycles. The minimum atomic E-state index is -0.852. The number of methoxy groups -OCH3 is 1. The molecule has 1 heterocycles. The maximum atomic E-state index is 11.5. The Morgan fingerprint density at radius 2 is 2.22 bits per heavy atom. The number of fused-ring (bicyclic) bond motifs is 1. The van der Waals surface area contributed by atoms with Crippen molar-refractivity contribution in [2.75, 3.05) is 7.11 Å². The van der Waals surface area contributed by atoms with Gasteiger partial charge in [0.1, 0.15) is 17.0 Å². The van der Waals surface area contributed by atoms with E-state index in [0.29, 0.717) is 15.9 Å². The number of hydrogen-bond donors (Lipinski definition) is 1. The number of pyridine rings is 1. The zero-order valence-electron chi connectivity index (χ0n) is 9.23. The summed E-state index contributed by atoms with van der Waals surface area (Å²) in [5.41, 5.74) is -0.317. The van der Waals surface area contributed by atoms with Crippen LogP contribution in [0.5, 0.6) is 5.75 Å². The van der Waals surface area contributed by atoms with Crippen molar-refractivity contribution >= 4 is 34.8 Å². The van der Waals surface area contributed by atoms with Crippen molar-refractivity contribution in [3.63, 3.8) is 0 Å². The van der Waals surface area contributed by atoms with Crippen molar-refractivity contribution in [2.45, 2.75) is 0 Å². The number of aromatic nitrogens is 1. The summed E-state index contributed by atoms with van der Waals surface area (Å²) in [4.78, 5) is 26.2. The van der Waals surface area contributed by atoms with E-state index in [1.54, 1.807) is 0 Å². The SMILES string of the molecule is COC(=O)c1c([C]=O)nc2cc(Cl)ccc2c1O. The van der Waals surface area contributed by atoms with Gasteiger partial charge in [-0.1, -0.05) is 11.6 Å². The van der Waals surface area contributed by atoms with Crippen LogP contribution >= 0.6 is 11.6 Å². The van der Waals surface area contributed by atoms with Crippen LogP contribution in [-0.4, -0.2) is 29.5 Å². The number of nitrogens with zero attached hydrogens (tertiary/aromatic N) is 1. The highest BCUT2D eigenvalue weighted by Gasteiger charge is 2.21. The topological polar surface area (TPSA) is 76.5 Å². The van der Waals surface area contributed by atoms with Gasteiger partial charge in [0.2, 0.25) is 0 Å². The quantitative estimate of drug-likeness (QED) is 0.838. The van der Waals surface area contributed by atoms with E-state index < -0.39 is 5.97 Å². The average Bonchev–Trinajstić information content (AvgIpc) is 2.37. The van der Waals surface area contributed by atoms with Crippen molar-refractivity contribution in [3.05, 3.63) is 34.5 Å². The fraction of sp³-hybridized carbons (Fsp3) is 0.0833. The molecular formula is C12H7ClNO4. The van der Waals surface area contributed by atoms with Gasteiger partial charge in [-0.25, -0.2) is 9.78 Å². The second kappa shape index (κ2) is 4.62. The monoisotopic (exact) mass is 264 g/mol. The van der Waals surface area contributed by atoms with E-state index in [1.165, 1.54) is 24.5 Å². The molecule has 1 radical (unpaired) electrons. The summed E-state index contributed by atoms with van der Waals surface area (Å²) in [6.45, 7) is 0. The lowest BCUT2D eigenvalue weighted by atomic mass is 10.1. The molecule has 0 unspecified atom stereocenters. The molecule has 0 atom stereocenters. The van der Waals surface area contributed by atoms with Crippen molar-refractivity contribution < 1.29 is 19.4 Å². The third-order valence-electron chi connectivity index (χ3n) is 2.41. The molecule has 0 bridgehead atoms. The lowest BCUT2D eigenvalue weighted by molar-refractivity contribution is 0.0597. The van der Waals surface area contributed by atoms with Crippen molar-refractivity contribution in [2.24, 2.45) is 0 Å². The Morgan fingerprint density at radius 1 is 1.50 bits per heavy atom. The molecule has 1 N–H and O–H groups in total. The van der Waals surface area contributed by atoms with Crippen LogP contribution in [0, 0.1) is 0 Å². The van der Waals surface area contributed by atoms with Crippen molar-refractivity contribution in [1.82, 2.24) is 4.98 Å². The second-order valence-corrected chi connectivity index (χ2v) is 3.88. The molecule has 5 nitrogen and oxygen atoms in total. The molecule has 0 amide bonds. The zero-order chi connectivity index (χ0) is 13.3. The first-order chi connectivity index (χ1) is 8.58. The summed E-state index contributed by atoms with van der Waals surface area (Å²) >= 11 is 5.78. The van der Waals surface area contributed by atoms with Gasteiger partial charge in [0.05, 0.1) is 12.6 Å². The summed E-state index contributed by atoms with van der Waals surface area (Å²) in [6, 6.07) is 4.51. The van der Waals surface area contributed by atoms with E-state index in [0.717, 1.165) is 7.11 Å². The average molecular weight is 265 g/mol. The Hall–Kier alpha value is -2.14. The number of carbonyl (C=O) groups excluding carboxylic acids is 2. The first-order valence-electron chi connectivity index (χ1n) is 4.87. The number of esters is 1. The number of benzene rings is 1. The highest BCUT2D eigenvalue weighted by Crippen LogP contribution is 2.31. The van der Waals surface area contributed by atoms with Gasteiger partial charge < -0.3 is 9.84 Å².